The third kappa shape index (κ3) is 1.70. The van der Waals surface area contributed by atoms with Crippen molar-refractivity contribution in [3.63, 3.8) is 0 Å². The molecule has 3 rings (SSSR count). The van der Waals surface area contributed by atoms with Gasteiger partial charge in [-0.05, 0) is 37.6 Å². The zero-order valence-electron chi connectivity index (χ0n) is 11.3. The molecule has 1 aromatic rings. The number of hydrogen-bond donors (Lipinski definition) is 0. The van der Waals surface area contributed by atoms with Crippen molar-refractivity contribution in [2.24, 2.45) is 0 Å². The summed E-state index contributed by atoms with van der Waals surface area (Å²) < 4.78 is 6.14. The predicted molar refractivity (Wildman–Crippen MR) is 74.3 cm³/mol. The van der Waals surface area contributed by atoms with E-state index >= 15 is 0 Å². The van der Waals surface area contributed by atoms with Gasteiger partial charge in [0.2, 0.25) is 0 Å². The average molecular weight is 266 g/mol. The number of hydrogen-bond acceptors (Lipinski definition) is 2. The molecule has 2 aliphatic rings. The Balaban J connectivity index is 2.16. The minimum absolute atomic E-state index is 0.0453. The van der Waals surface area contributed by atoms with E-state index in [9.17, 15) is 0 Å². The van der Waals surface area contributed by atoms with E-state index in [2.05, 4.69) is 31.9 Å². The number of benzene rings is 1. The fourth-order valence-corrected chi connectivity index (χ4v) is 3.79. The lowest BCUT2D eigenvalue weighted by atomic mass is 9.78. The molecule has 2 atom stereocenters. The molecule has 98 valence electrons. The smallest absolute Gasteiger partial charge is 0.0865 e. The van der Waals surface area contributed by atoms with Gasteiger partial charge in [0.05, 0.1) is 12.2 Å². The minimum atomic E-state index is -0.0453. The lowest BCUT2D eigenvalue weighted by Gasteiger charge is -2.38. The Morgan fingerprint density at radius 1 is 1.50 bits per heavy atom. The van der Waals surface area contributed by atoms with Crippen LogP contribution < -0.4 is 0 Å². The van der Waals surface area contributed by atoms with Gasteiger partial charge in [-0.1, -0.05) is 24.6 Å². The van der Waals surface area contributed by atoms with Crippen molar-refractivity contribution in [3.05, 3.63) is 33.8 Å². The Morgan fingerprint density at radius 3 is 3.00 bits per heavy atom. The number of likely N-dealkylation sites (N-methyl/N-ethyl adjacent to an activating group) is 1. The van der Waals surface area contributed by atoms with Crippen LogP contribution in [0.1, 0.15) is 36.5 Å². The molecule has 1 saturated heterocycles. The van der Waals surface area contributed by atoms with Gasteiger partial charge in [-0.2, -0.15) is 0 Å². The Labute approximate surface area is 114 Å². The standard InChI is InChI=1S/C15H20ClNO/c1-4-10-5-6-13(16)11-8-18-15(2)9-17(3)7-12(15)14(10)11/h5-6,12H,4,7-9H2,1-3H3/t12-,15-/m0/s1. The van der Waals surface area contributed by atoms with Crippen LogP contribution in [0.5, 0.6) is 0 Å². The normalized spacial score (nSPS) is 31.2. The molecule has 2 nitrogen and oxygen atoms in total. The van der Waals surface area contributed by atoms with E-state index in [0.717, 1.165) is 24.5 Å². The average Bonchev–Trinajstić information content (AvgIpc) is 2.64. The number of fused-ring (bicyclic) bond motifs is 3. The molecular weight excluding hydrogens is 246 g/mol. The first-order valence-corrected chi connectivity index (χ1v) is 7.05. The Morgan fingerprint density at radius 2 is 2.28 bits per heavy atom. The Bertz CT molecular complexity index is 488. The molecule has 2 aliphatic heterocycles. The molecule has 0 N–H and O–H groups in total. The van der Waals surface area contributed by atoms with E-state index in [1.54, 1.807) is 0 Å². The maximum absolute atomic E-state index is 6.35. The lowest BCUT2D eigenvalue weighted by Crippen LogP contribution is -2.40. The third-order valence-corrected chi connectivity index (χ3v) is 4.84. The molecule has 0 bridgehead atoms. The molecule has 0 unspecified atom stereocenters. The summed E-state index contributed by atoms with van der Waals surface area (Å²) in [6.45, 7) is 7.19. The first-order chi connectivity index (χ1) is 8.55. The van der Waals surface area contributed by atoms with Gasteiger partial charge < -0.3 is 9.64 Å². The SMILES string of the molecule is CCc1ccc(Cl)c2c1[C@@H]1CN(C)C[C@]1(C)OC2. The Hall–Kier alpha value is -0.570. The van der Waals surface area contributed by atoms with E-state index < -0.39 is 0 Å². The monoisotopic (exact) mass is 265 g/mol. The van der Waals surface area contributed by atoms with Crippen LogP contribution in [0, 0.1) is 0 Å². The summed E-state index contributed by atoms with van der Waals surface area (Å²) in [4.78, 5) is 2.36. The zero-order valence-corrected chi connectivity index (χ0v) is 12.0. The van der Waals surface area contributed by atoms with E-state index in [1.165, 1.54) is 16.7 Å². The highest BCUT2D eigenvalue weighted by Crippen LogP contribution is 2.46. The number of likely N-dealkylation sites (tertiary alicyclic amines) is 1. The molecule has 3 heteroatoms. The molecule has 0 saturated carbocycles. The van der Waals surface area contributed by atoms with Gasteiger partial charge in [0.1, 0.15) is 0 Å². The highest BCUT2D eigenvalue weighted by molar-refractivity contribution is 6.31. The predicted octanol–water partition coefficient (Wildman–Crippen LogP) is 3.22. The van der Waals surface area contributed by atoms with E-state index in [4.69, 9.17) is 16.3 Å². The molecule has 0 aromatic heterocycles. The van der Waals surface area contributed by atoms with Crippen LogP contribution in [0.4, 0.5) is 0 Å². The highest BCUT2D eigenvalue weighted by Gasteiger charge is 2.47. The van der Waals surface area contributed by atoms with Crippen molar-refractivity contribution in [3.8, 4) is 0 Å². The molecular formula is C15H20ClNO. The molecule has 18 heavy (non-hydrogen) atoms. The minimum Gasteiger partial charge on any atom is -0.369 e. The molecule has 0 radical (unpaired) electrons. The van der Waals surface area contributed by atoms with E-state index in [0.29, 0.717) is 12.5 Å². The van der Waals surface area contributed by atoms with Crippen LogP contribution in [-0.4, -0.2) is 30.6 Å². The van der Waals surface area contributed by atoms with E-state index in [1.807, 2.05) is 6.07 Å². The van der Waals surface area contributed by atoms with Gasteiger partial charge in [0.15, 0.2) is 0 Å². The van der Waals surface area contributed by atoms with Crippen LogP contribution in [-0.2, 0) is 17.8 Å². The van der Waals surface area contributed by atoms with Crippen LogP contribution in [0.3, 0.4) is 0 Å². The van der Waals surface area contributed by atoms with Gasteiger partial charge in [0.25, 0.3) is 0 Å². The fourth-order valence-electron chi connectivity index (χ4n) is 3.57. The maximum atomic E-state index is 6.35. The first-order valence-electron chi connectivity index (χ1n) is 6.68. The molecule has 1 fully saturated rings. The van der Waals surface area contributed by atoms with Gasteiger partial charge in [-0.3, -0.25) is 0 Å². The van der Waals surface area contributed by atoms with E-state index in [-0.39, 0.29) is 5.60 Å². The molecule has 1 aromatic carbocycles. The highest BCUT2D eigenvalue weighted by atomic mass is 35.5. The molecule has 0 aliphatic carbocycles. The number of rotatable bonds is 1. The quantitative estimate of drug-likeness (QED) is 0.773. The summed E-state index contributed by atoms with van der Waals surface area (Å²) in [6, 6.07) is 4.20. The van der Waals surface area contributed by atoms with Crippen molar-refractivity contribution in [2.75, 3.05) is 20.1 Å². The second-order valence-corrected chi connectivity index (χ2v) is 6.21. The van der Waals surface area contributed by atoms with Crippen LogP contribution in [0.25, 0.3) is 0 Å². The van der Waals surface area contributed by atoms with Crippen molar-refractivity contribution < 1.29 is 4.74 Å². The topological polar surface area (TPSA) is 12.5 Å². The van der Waals surface area contributed by atoms with Crippen molar-refractivity contribution in [2.45, 2.75) is 38.4 Å². The third-order valence-electron chi connectivity index (χ3n) is 4.48. The summed E-state index contributed by atoms with van der Waals surface area (Å²) in [7, 11) is 2.17. The fraction of sp³-hybridized carbons (Fsp3) is 0.600. The van der Waals surface area contributed by atoms with Crippen LogP contribution >= 0.6 is 11.6 Å². The summed E-state index contributed by atoms with van der Waals surface area (Å²) in [5.41, 5.74) is 4.07. The second kappa shape index (κ2) is 4.22. The first kappa shape index (κ1) is 12.5. The Kier molecular flexibility index (Phi) is 2.92. The lowest BCUT2D eigenvalue weighted by molar-refractivity contribution is -0.0558. The van der Waals surface area contributed by atoms with Gasteiger partial charge >= 0.3 is 0 Å². The summed E-state index contributed by atoms with van der Waals surface area (Å²) in [6.07, 6.45) is 1.07. The van der Waals surface area contributed by atoms with Crippen molar-refractivity contribution in [1.29, 1.82) is 0 Å². The van der Waals surface area contributed by atoms with Gasteiger partial charge in [-0.15, -0.1) is 0 Å². The number of nitrogens with zero attached hydrogens (tertiary/aromatic N) is 1. The number of halogens is 1. The molecule has 2 heterocycles. The zero-order chi connectivity index (χ0) is 12.9. The molecule has 0 amide bonds. The van der Waals surface area contributed by atoms with Crippen LogP contribution in [0.15, 0.2) is 12.1 Å². The van der Waals surface area contributed by atoms with Gasteiger partial charge in [0, 0.05) is 29.6 Å². The second-order valence-electron chi connectivity index (χ2n) is 5.80. The summed E-state index contributed by atoms with van der Waals surface area (Å²) in [5.74, 6) is 0.458. The summed E-state index contributed by atoms with van der Waals surface area (Å²) in [5, 5.41) is 0.860. The largest absolute Gasteiger partial charge is 0.369 e. The van der Waals surface area contributed by atoms with Crippen molar-refractivity contribution in [1.82, 2.24) is 4.90 Å². The summed E-state index contributed by atoms with van der Waals surface area (Å²) >= 11 is 6.35. The van der Waals surface area contributed by atoms with Gasteiger partial charge in [-0.25, -0.2) is 0 Å². The van der Waals surface area contributed by atoms with Crippen LogP contribution in [0.2, 0.25) is 5.02 Å². The maximum Gasteiger partial charge on any atom is 0.0865 e. The number of ether oxygens (including phenoxy) is 1. The number of aryl methyl sites for hydroxylation is 1. The molecule has 0 spiro atoms. The van der Waals surface area contributed by atoms with Crippen molar-refractivity contribution >= 4 is 11.6 Å².